The van der Waals surface area contributed by atoms with Gasteiger partial charge in [0.2, 0.25) is 0 Å². The van der Waals surface area contributed by atoms with E-state index in [-0.39, 0.29) is 27.8 Å². The molecule has 1 aliphatic carbocycles. The van der Waals surface area contributed by atoms with Gasteiger partial charge in [-0.15, -0.1) is 0 Å². The molecule has 1 aromatic heterocycles. The van der Waals surface area contributed by atoms with Crippen molar-refractivity contribution in [3.05, 3.63) is 46.8 Å². The third-order valence-electron chi connectivity index (χ3n) is 4.68. The molecule has 2 heterocycles. The van der Waals surface area contributed by atoms with E-state index >= 15 is 0 Å². The number of hydrogen-bond donors (Lipinski definition) is 1. The monoisotopic (exact) mass is 494 g/mol. The number of rotatable bonds is 7. The van der Waals surface area contributed by atoms with Crippen molar-refractivity contribution in [1.82, 2.24) is 9.97 Å². The molecule has 158 valence electrons. The summed E-state index contributed by atoms with van der Waals surface area (Å²) < 4.78 is 30.6. The average molecular weight is 495 g/mol. The number of nitrogens with one attached hydrogen (secondary N) is 1. The van der Waals surface area contributed by atoms with Crippen LogP contribution in [-0.4, -0.2) is 54.6 Å². The van der Waals surface area contributed by atoms with Gasteiger partial charge in [-0.25, -0.2) is 18.4 Å². The lowest BCUT2D eigenvalue weighted by molar-refractivity contribution is -0.110. The van der Waals surface area contributed by atoms with E-state index in [0.717, 1.165) is 0 Å². The minimum absolute atomic E-state index is 0.00184. The third kappa shape index (κ3) is 4.85. The number of hydrogen-bond acceptors (Lipinski definition) is 8. The van der Waals surface area contributed by atoms with E-state index in [4.69, 9.17) is 9.57 Å². The zero-order chi connectivity index (χ0) is 21.1. The van der Waals surface area contributed by atoms with Gasteiger partial charge in [0.1, 0.15) is 4.60 Å². The van der Waals surface area contributed by atoms with Crippen LogP contribution in [0.3, 0.4) is 0 Å². The number of anilines is 1. The van der Waals surface area contributed by atoms with Gasteiger partial charge in [0.25, 0.3) is 5.91 Å². The first-order valence-corrected chi connectivity index (χ1v) is 11.7. The molecule has 1 saturated carbocycles. The lowest BCUT2D eigenvalue weighted by Crippen LogP contribution is -2.26. The largest absolute Gasteiger partial charge is 0.389 e. The van der Waals surface area contributed by atoms with Gasteiger partial charge in [0, 0.05) is 12.0 Å². The van der Waals surface area contributed by atoms with Crippen LogP contribution in [0, 0.1) is 0 Å². The van der Waals surface area contributed by atoms with E-state index in [1.165, 1.54) is 24.5 Å². The first-order valence-electron chi connectivity index (χ1n) is 9.38. The summed E-state index contributed by atoms with van der Waals surface area (Å²) in [6, 6.07) is 6.08. The lowest BCUT2D eigenvalue weighted by Gasteiger charge is -2.11. The van der Waals surface area contributed by atoms with Gasteiger partial charge in [-0.1, -0.05) is 17.3 Å². The number of halogens is 1. The summed E-state index contributed by atoms with van der Waals surface area (Å²) in [5.74, 6) is -0.309. The predicted octanol–water partition coefficient (Wildman–Crippen LogP) is 2.32. The van der Waals surface area contributed by atoms with E-state index in [2.05, 4.69) is 36.4 Å². The number of oxime groups is 1. The number of ether oxygens (including phenoxy) is 1. The van der Waals surface area contributed by atoms with Crippen molar-refractivity contribution in [2.24, 2.45) is 5.16 Å². The summed E-state index contributed by atoms with van der Waals surface area (Å²) in [7, 11) is -3.32. The Balaban J connectivity index is 1.58. The van der Waals surface area contributed by atoms with Crippen molar-refractivity contribution in [1.29, 1.82) is 0 Å². The predicted molar refractivity (Wildman–Crippen MR) is 112 cm³/mol. The molecule has 0 spiro atoms. The number of aromatic nitrogens is 2. The molecule has 4 rings (SSSR count). The number of carbonyl (C=O) groups excluding carboxylic acids is 1. The fraction of sp³-hybridized carbons (Fsp3) is 0.368. The Morgan fingerprint density at radius 2 is 1.93 bits per heavy atom. The number of sulfone groups is 1. The molecule has 1 N–H and O–H groups in total. The van der Waals surface area contributed by atoms with E-state index in [1.807, 2.05) is 0 Å². The summed E-state index contributed by atoms with van der Waals surface area (Å²) in [4.78, 5) is 26.7. The highest BCUT2D eigenvalue weighted by Crippen LogP contribution is 2.33. The molecule has 1 amide bonds. The highest BCUT2D eigenvalue weighted by atomic mass is 79.9. The maximum absolute atomic E-state index is 12.9. The van der Waals surface area contributed by atoms with Crippen LogP contribution in [0.4, 0.5) is 5.82 Å². The van der Waals surface area contributed by atoms with Gasteiger partial charge in [-0.2, -0.15) is 0 Å². The molecule has 11 heteroatoms. The quantitative estimate of drug-likeness (QED) is 0.463. The maximum atomic E-state index is 12.9. The number of amides is 1. The van der Waals surface area contributed by atoms with Crippen molar-refractivity contribution in [3.63, 3.8) is 0 Å². The topological polar surface area (TPSA) is 120 Å². The average Bonchev–Trinajstić information content (AvgIpc) is 3.48. The van der Waals surface area contributed by atoms with Crippen LogP contribution in [0.2, 0.25) is 0 Å². The molecule has 30 heavy (non-hydrogen) atoms. The number of nitrogens with zero attached hydrogens (tertiary/aromatic N) is 3. The van der Waals surface area contributed by atoms with Gasteiger partial charge < -0.3 is 14.9 Å². The summed E-state index contributed by atoms with van der Waals surface area (Å²) >= 11 is 3.19. The Kier molecular flexibility index (Phi) is 6.11. The van der Waals surface area contributed by atoms with Gasteiger partial charge >= 0.3 is 0 Å². The second kappa shape index (κ2) is 8.78. The fourth-order valence-electron chi connectivity index (χ4n) is 2.87. The smallest absolute Gasteiger partial charge is 0.279 e. The summed E-state index contributed by atoms with van der Waals surface area (Å²) in [6.07, 6.45) is 4.66. The highest BCUT2D eigenvalue weighted by molar-refractivity contribution is 9.10. The first-order chi connectivity index (χ1) is 14.4. The minimum Gasteiger partial charge on any atom is -0.389 e. The lowest BCUT2D eigenvalue weighted by atomic mass is 10.1. The van der Waals surface area contributed by atoms with E-state index < -0.39 is 15.7 Å². The molecule has 1 aliphatic heterocycles. The number of benzene rings is 1. The van der Waals surface area contributed by atoms with Crippen LogP contribution >= 0.6 is 15.9 Å². The fourth-order valence-corrected chi connectivity index (χ4v) is 4.74. The molecule has 0 unspecified atom stereocenters. The highest BCUT2D eigenvalue weighted by Gasteiger charge is 2.36. The normalized spacial score (nSPS) is 19.5. The molecule has 2 aliphatic rings. The minimum atomic E-state index is -3.32. The van der Waals surface area contributed by atoms with Gasteiger partial charge in [0.15, 0.2) is 27.5 Å². The van der Waals surface area contributed by atoms with Crippen LogP contribution in [0.15, 0.2) is 51.3 Å². The Labute approximate surface area is 181 Å². The van der Waals surface area contributed by atoms with Crippen LogP contribution in [0.5, 0.6) is 0 Å². The molecule has 1 aromatic carbocycles. The molecule has 0 radical (unpaired) electrons. The second-order valence-electron chi connectivity index (χ2n) is 6.98. The molecule has 9 nitrogen and oxygen atoms in total. The SMILES string of the molecule is O=C(Nc1cnc(Br)cn1)C(=NO[C@@H]1CCOC1)c1ccc(S(=O)(=O)C2CC2)cc1. The Hall–Kier alpha value is -2.37. The zero-order valence-corrected chi connectivity index (χ0v) is 18.2. The second-order valence-corrected chi connectivity index (χ2v) is 10.0. The Bertz CT molecular complexity index is 1050. The van der Waals surface area contributed by atoms with E-state index in [0.29, 0.717) is 42.6 Å². The maximum Gasteiger partial charge on any atom is 0.279 e. The van der Waals surface area contributed by atoms with Crippen molar-refractivity contribution in [2.45, 2.75) is 35.5 Å². The van der Waals surface area contributed by atoms with E-state index in [9.17, 15) is 13.2 Å². The van der Waals surface area contributed by atoms with Crippen LogP contribution in [0.1, 0.15) is 24.8 Å². The van der Waals surface area contributed by atoms with Crippen LogP contribution in [0.25, 0.3) is 0 Å². The zero-order valence-electron chi connectivity index (χ0n) is 15.8. The standard InChI is InChI=1S/C19H19BrN4O5S/c20-16-9-22-17(10-21-16)23-19(25)18(24-29-13-7-8-28-11-13)12-1-3-14(4-2-12)30(26,27)15-5-6-15/h1-4,9-10,13,15H,5-8,11H2,(H,22,23,25)/t13-/m1/s1. The summed E-state index contributed by atoms with van der Waals surface area (Å²) in [5, 5.41) is 6.36. The number of carbonyl (C=O) groups is 1. The Morgan fingerprint density at radius 3 is 2.53 bits per heavy atom. The molecule has 1 atom stereocenters. The first kappa shape index (κ1) is 20.9. The van der Waals surface area contributed by atoms with Gasteiger partial charge in [0.05, 0.1) is 35.8 Å². The van der Waals surface area contributed by atoms with Crippen molar-refractivity contribution in [2.75, 3.05) is 18.5 Å². The molecule has 2 aromatic rings. The molecular formula is C19H19BrN4O5S. The van der Waals surface area contributed by atoms with Crippen LogP contribution in [-0.2, 0) is 24.2 Å². The van der Waals surface area contributed by atoms with Gasteiger partial charge in [-0.3, -0.25) is 4.79 Å². The van der Waals surface area contributed by atoms with E-state index in [1.54, 1.807) is 12.1 Å². The molecular weight excluding hydrogens is 476 g/mol. The molecule has 1 saturated heterocycles. The van der Waals surface area contributed by atoms with Crippen molar-refractivity contribution in [3.8, 4) is 0 Å². The van der Waals surface area contributed by atoms with Gasteiger partial charge in [-0.05, 0) is 40.9 Å². The van der Waals surface area contributed by atoms with Crippen molar-refractivity contribution >= 4 is 43.2 Å². The molecule has 0 bridgehead atoms. The summed E-state index contributed by atoms with van der Waals surface area (Å²) in [6.45, 7) is 0.971. The molecule has 2 fully saturated rings. The van der Waals surface area contributed by atoms with Crippen molar-refractivity contribution < 1.29 is 22.8 Å². The summed E-state index contributed by atoms with van der Waals surface area (Å²) in [5.41, 5.74) is 0.424. The van der Waals surface area contributed by atoms with Crippen LogP contribution < -0.4 is 5.32 Å². The third-order valence-corrected chi connectivity index (χ3v) is 7.37. The Morgan fingerprint density at radius 1 is 1.17 bits per heavy atom.